The SMILES string of the molecule is COC1(CNC(=O)COCC(=O)O)CCC1. The molecule has 2 N–H and O–H groups in total. The van der Waals surface area contributed by atoms with Gasteiger partial charge < -0.3 is 19.9 Å². The minimum Gasteiger partial charge on any atom is -0.480 e. The van der Waals surface area contributed by atoms with E-state index in [9.17, 15) is 9.59 Å². The number of rotatable bonds is 7. The van der Waals surface area contributed by atoms with Crippen LogP contribution in [0.3, 0.4) is 0 Å². The summed E-state index contributed by atoms with van der Waals surface area (Å²) in [5.74, 6) is -1.40. The van der Waals surface area contributed by atoms with E-state index < -0.39 is 12.6 Å². The molecule has 0 saturated heterocycles. The number of carbonyl (C=O) groups is 2. The maximum absolute atomic E-state index is 11.2. The molecular weight excluding hydrogens is 214 g/mol. The second kappa shape index (κ2) is 5.81. The number of methoxy groups -OCH3 is 1. The van der Waals surface area contributed by atoms with Crippen molar-refractivity contribution in [2.24, 2.45) is 0 Å². The molecule has 1 aliphatic carbocycles. The summed E-state index contributed by atoms with van der Waals surface area (Å²) in [4.78, 5) is 21.4. The van der Waals surface area contributed by atoms with Crippen LogP contribution in [0.1, 0.15) is 19.3 Å². The number of hydrogen-bond donors (Lipinski definition) is 2. The van der Waals surface area contributed by atoms with Crippen LogP contribution in [0.4, 0.5) is 0 Å². The second-order valence-electron chi connectivity index (χ2n) is 3.90. The van der Waals surface area contributed by atoms with Crippen molar-refractivity contribution < 1.29 is 24.2 Å². The Bertz CT molecular complexity index is 256. The number of carbonyl (C=O) groups excluding carboxylic acids is 1. The Morgan fingerprint density at radius 3 is 2.50 bits per heavy atom. The van der Waals surface area contributed by atoms with Gasteiger partial charge >= 0.3 is 5.97 Å². The lowest BCUT2D eigenvalue weighted by Gasteiger charge is -2.40. The summed E-state index contributed by atoms with van der Waals surface area (Å²) in [6, 6.07) is 0. The highest BCUT2D eigenvalue weighted by Crippen LogP contribution is 2.34. The molecule has 0 aromatic heterocycles. The largest absolute Gasteiger partial charge is 0.480 e. The first-order chi connectivity index (χ1) is 7.58. The Morgan fingerprint density at radius 1 is 1.38 bits per heavy atom. The molecule has 0 atom stereocenters. The lowest BCUT2D eigenvalue weighted by atomic mass is 9.80. The van der Waals surface area contributed by atoms with E-state index in [1.54, 1.807) is 7.11 Å². The van der Waals surface area contributed by atoms with Gasteiger partial charge in [0.1, 0.15) is 13.2 Å². The van der Waals surface area contributed by atoms with Crippen molar-refractivity contribution in [2.45, 2.75) is 24.9 Å². The summed E-state index contributed by atoms with van der Waals surface area (Å²) in [5, 5.41) is 11.0. The van der Waals surface area contributed by atoms with Crippen LogP contribution in [0.5, 0.6) is 0 Å². The second-order valence-corrected chi connectivity index (χ2v) is 3.90. The first kappa shape index (κ1) is 12.9. The highest BCUT2D eigenvalue weighted by atomic mass is 16.5. The van der Waals surface area contributed by atoms with E-state index in [0.29, 0.717) is 6.54 Å². The molecule has 1 aliphatic rings. The number of aliphatic carboxylic acids is 1. The van der Waals surface area contributed by atoms with Gasteiger partial charge in [-0.15, -0.1) is 0 Å². The molecule has 0 unspecified atom stereocenters. The number of carboxylic acid groups (broad SMARTS) is 1. The molecule has 0 heterocycles. The summed E-state index contributed by atoms with van der Waals surface area (Å²) in [5.41, 5.74) is -0.220. The van der Waals surface area contributed by atoms with E-state index in [1.165, 1.54) is 0 Å². The van der Waals surface area contributed by atoms with Crippen LogP contribution in [0.15, 0.2) is 0 Å². The molecule has 16 heavy (non-hydrogen) atoms. The van der Waals surface area contributed by atoms with Crippen LogP contribution in [0.25, 0.3) is 0 Å². The van der Waals surface area contributed by atoms with Crippen molar-refractivity contribution >= 4 is 11.9 Å². The highest BCUT2D eigenvalue weighted by molar-refractivity contribution is 5.77. The van der Waals surface area contributed by atoms with Crippen molar-refractivity contribution in [1.29, 1.82) is 0 Å². The predicted octanol–water partition coefficient (Wildman–Crippen LogP) is -0.227. The molecule has 0 aromatic rings. The number of nitrogens with one attached hydrogen (secondary N) is 1. The molecule has 0 aliphatic heterocycles. The van der Waals surface area contributed by atoms with E-state index in [2.05, 4.69) is 10.1 Å². The van der Waals surface area contributed by atoms with Crippen molar-refractivity contribution in [3.8, 4) is 0 Å². The average Bonchev–Trinajstić information content (AvgIpc) is 2.16. The zero-order valence-corrected chi connectivity index (χ0v) is 9.32. The number of carboxylic acids is 1. The molecule has 6 heteroatoms. The summed E-state index contributed by atoms with van der Waals surface area (Å²) < 4.78 is 9.97. The van der Waals surface area contributed by atoms with Gasteiger partial charge in [0.25, 0.3) is 0 Å². The Labute approximate surface area is 93.9 Å². The van der Waals surface area contributed by atoms with E-state index in [4.69, 9.17) is 9.84 Å². The molecule has 92 valence electrons. The zero-order valence-electron chi connectivity index (χ0n) is 9.32. The summed E-state index contributed by atoms with van der Waals surface area (Å²) in [7, 11) is 1.63. The van der Waals surface area contributed by atoms with Gasteiger partial charge in [0.2, 0.25) is 5.91 Å². The van der Waals surface area contributed by atoms with Crippen LogP contribution < -0.4 is 5.32 Å². The molecule has 0 radical (unpaired) electrons. The van der Waals surface area contributed by atoms with Crippen molar-refractivity contribution in [1.82, 2.24) is 5.32 Å². The van der Waals surface area contributed by atoms with Crippen LogP contribution in [0, 0.1) is 0 Å². The maximum Gasteiger partial charge on any atom is 0.329 e. The van der Waals surface area contributed by atoms with Gasteiger partial charge in [0, 0.05) is 13.7 Å². The first-order valence-corrected chi connectivity index (χ1v) is 5.19. The fourth-order valence-electron chi connectivity index (χ4n) is 1.57. The molecule has 1 fully saturated rings. The normalized spacial score (nSPS) is 17.6. The molecule has 0 spiro atoms. The molecule has 1 saturated carbocycles. The Hall–Kier alpha value is -1.14. The highest BCUT2D eigenvalue weighted by Gasteiger charge is 2.37. The number of hydrogen-bond acceptors (Lipinski definition) is 4. The average molecular weight is 231 g/mol. The maximum atomic E-state index is 11.2. The Balaban J connectivity index is 2.12. The van der Waals surface area contributed by atoms with Crippen LogP contribution in [-0.2, 0) is 19.1 Å². The van der Waals surface area contributed by atoms with Crippen molar-refractivity contribution in [2.75, 3.05) is 26.9 Å². The van der Waals surface area contributed by atoms with Gasteiger partial charge in [-0.3, -0.25) is 4.79 Å². The zero-order chi connectivity index (χ0) is 12.0. The van der Waals surface area contributed by atoms with Crippen LogP contribution >= 0.6 is 0 Å². The van der Waals surface area contributed by atoms with E-state index >= 15 is 0 Å². The van der Waals surface area contributed by atoms with Gasteiger partial charge in [0.05, 0.1) is 5.60 Å². The number of ether oxygens (including phenoxy) is 2. The van der Waals surface area contributed by atoms with Gasteiger partial charge in [-0.05, 0) is 19.3 Å². The van der Waals surface area contributed by atoms with Crippen LogP contribution in [-0.4, -0.2) is 49.5 Å². The smallest absolute Gasteiger partial charge is 0.329 e. The fraction of sp³-hybridized carbons (Fsp3) is 0.800. The third kappa shape index (κ3) is 3.79. The predicted molar refractivity (Wildman–Crippen MR) is 55.1 cm³/mol. The van der Waals surface area contributed by atoms with E-state index in [0.717, 1.165) is 19.3 Å². The van der Waals surface area contributed by atoms with Gasteiger partial charge in [0.15, 0.2) is 0 Å². The van der Waals surface area contributed by atoms with E-state index in [-0.39, 0.29) is 18.1 Å². The van der Waals surface area contributed by atoms with Gasteiger partial charge in [-0.1, -0.05) is 0 Å². The quantitative estimate of drug-likeness (QED) is 0.632. The molecule has 1 amide bonds. The minimum absolute atomic E-state index is 0.220. The fourth-order valence-corrected chi connectivity index (χ4v) is 1.57. The lowest BCUT2D eigenvalue weighted by molar-refractivity contribution is -0.144. The molecule has 6 nitrogen and oxygen atoms in total. The van der Waals surface area contributed by atoms with Crippen LogP contribution in [0.2, 0.25) is 0 Å². The Kier molecular flexibility index (Phi) is 4.70. The standard InChI is InChI=1S/C10H17NO5/c1-15-10(3-2-4-10)7-11-8(12)5-16-6-9(13)14/h2-7H2,1H3,(H,11,12)(H,13,14). The summed E-state index contributed by atoms with van der Waals surface area (Å²) in [6.45, 7) is -0.228. The summed E-state index contributed by atoms with van der Waals surface area (Å²) in [6.07, 6.45) is 3.00. The Morgan fingerprint density at radius 2 is 2.06 bits per heavy atom. The summed E-state index contributed by atoms with van der Waals surface area (Å²) >= 11 is 0. The molecule has 0 aromatic carbocycles. The van der Waals surface area contributed by atoms with Crippen molar-refractivity contribution in [3.63, 3.8) is 0 Å². The number of amides is 1. The topological polar surface area (TPSA) is 84.9 Å². The molecule has 1 rings (SSSR count). The van der Waals surface area contributed by atoms with Gasteiger partial charge in [-0.25, -0.2) is 4.79 Å². The monoisotopic (exact) mass is 231 g/mol. The third-order valence-corrected chi connectivity index (χ3v) is 2.76. The minimum atomic E-state index is -1.08. The molecular formula is C10H17NO5. The lowest BCUT2D eigenvalue weighted by Crippen LogP contribution is -2.50. The first-order valence-electron chi connectivity index (χ1n) is 5.19. The molecule has 0 bridgehead atoms. The van der Waals surface area contributed by atoms with E-state index in [1.807, 2.05) is 0 Å². The third-order valence-electron chi connectivity index (χ3n) is 2.76. The van der Waals surface area contributed by atoms with Crippen molar-refractivity contribution in [3.05, 3.63) is 0 Å². The van der Waals surface area contributed by atoms with Gasteiger partial charge in [-0.2, -0.15) is 0 Å².